The molecule has 1 saturated heterocycles. The molecule has 4 aromatic rings. The molecule has 2 aliphatic rings. The molecule has 6 rings (SSSR count). The molecule has 3 heterocycles. The third-order valence-corrected chi connectivity index (χ3v) is 8.33. The second kappa shape index (κ2) is 9.86. The van der Waals surface area contributed by atoms with E-state index in [0.717, 1.165) is 22.4 Å². The quantitative estimate of drug-likeness (QED) is 0.282. The van der Waals surface area contributed by atoms with Crippen LogP contribution in [0.1, 0.15) is 45.7 Å². The minimum atomic E-state index is -1.16. The minimum absolute atomic E-state index is 0.0761. The molecule has 6 nitrogen and oxygen atoms in total. The normalized spacial score (nSPS) is 22.4. The second-order valence-electron chi connectivity index (χ2n) is 10.4. The van der Waals surface area contributed by atoms with Gasteiger partial charge in [0.25, 0.3) is 5.91 Å². The van der Waals surface area contributed by atoms with E-state index in [2.05, 4.69) is 24.0 Å². The summed E-state index contributed by atoms with van der Waals surface area (Å²) in [4.78, 5) is 33.2. The second-order valence-corrected chi connectivity index (χ2v) is 10.4. The summed E-state index contributed by atoms with van der Waals surface area (Å²) in [5.74, 6) is 0.298. The zero-order chi connectivity index (χ0) is 27.1. The van der Waals surface area contributed by atoms with Crippen LogP contribution in [0.3, 0.4) is 0 Å². The van der Waals surface area contributed by atoms with Gasteiger partial charge in [-0.1, -0.05) is 42.5 Å². The van der Waals surface area contributed by atoms with Crippen LogP contribution in [0.15, 0.2) is 95.6 Å². The molecule has 1 amide bonds. The fraction of sp³-hybridized carbons (Fsp3) is 0.273. The molecular weight excluding hydrogens is 488 g/mol. The molecule has 0 radical (unpaired) electrons. The molecule has 0 bridgehead atoms. The van der Waals surface area contributed by atoms with Gasteiger partial charge in [-0.2, -0.15) is 0 Å². The van der Waals surface area contributed by atoms with Gasteiger partial charge >= 0.3 is 0 Å². The zero-order valence-corrected chi connectivity index (χ0v) is 22.5. The predicted octanol–water partition coefficient (Wildman–Crippen LogP) is 5.96. The lowest BCUT2D eigenvalue weighted by molar-refractivity contribution is -0.129. The largest absolute Gasteiger partial charge is 0.494 e. The Kier molecular flexibility index (Phi) is 6.35. The maximum Gasteiger partial charge on any atom is 0.253 e. The number of benzene rings is 3. The number of likely N-dealkylation sites (N-methyl/N-ethyl adjacent to an activating group) is 1. The van der Waals surface area contributed by atoms with Gasteiger partial charge in [-0.25, -0.2) is 0 Å². The van der Waals surface area contributed by atoms with Gasteiger partial charge in [0.05, 0.1) is 25.3 Å². The molecule has 1 fully saturated rings. The molecule has 1 spiro atoms. The van der Waals surface area contributed by atoms with E-state index >= 15 is 0 Å². The van der Waals surface area contributed by atoms with Crippen molar-refractivity contribution >= 4 is 17.4 Å². The number of likely N-dealkylation sites (tertiary alicyclic amines) is 1. The number of aryl methyl sites for hydroxylation is 1. The van der Waals surface area contributed by atoms with Crippen LogP contribution in [0.4, 0.5) is 5.69 Å². The van der Waals surface area contributed by atoms with Crippen LogP contribution in [0, 0.1) is 12.8 Å². The standard InChI is InChI=1S/C33H32N2O4/c1-4-38-25-17-15-23(16-18-25)31(36)30-26(29-14-9-19-39-29)21-34(3)33(30)27-12-7-8-13-28(27)35(32(33)37)20-24-11-6-5-10-22(24)2/h5-19,26,30H,4,20-21H2,1-3H3/t26-,30-,33+/m0/s1. The molecule has 0 N–H and O–H groups in total. The summed E-state index contributed by atoms with van der Waals surface area (Å²) >= 11 is 0. The molecule has 39 heavy (non-hydrogen) atoms. The molecule has 0 saturated carbocycles. The van der Waals surface area contributed by atoms with Gasteiger partial charge in [-0.15, -0.1) is 0 Å². The summed E-state index contributed by atoms with van der Waals surface area (Å²) < 4.78 is 11.5. The van der Waals surface area contributed by atoms with Crippen LogP contribution in [0.5, 0.6) is 5.75 Å². The summed E-state index contributed by atoms with van der Waals surface area (Å²) in [6.07, 6.45) is 1.63. The van der Waals surface area contributed by atoms with Gasteiger partial charge in [0.2, 0.25) is 0 Å². The van der Waals surface area contributed by atoms with E-state index in [9.17, 15) is 9.59 Å². The van der Waals surface area contributed by atoms with E-state index in [-0.39, 0.29) is 17.6 Å². The smallest absolute Gasteiger partial charge is 0.253 e. The van der Waals surface area contributed by atoms with E-state index in [1.807, 2.05) is 79.5 Å². The average molecular weight is 521 g/mol. The van der Waals surface area contributed by atoms with Crippen LogP contribution < -0.4 is 9.64 Å². The van der Waals surface area contributed by atoms with Crippen molar-refractivity contribution in [1.29, 1.82) is 0 Å². The Bertz CT molecular complexity index is 1510. The zero-order valence-electron chi connectivity index (χ0n) is 22.5. The van der Waals surface area contributed by atoms with Crippen LogP contribution in [-0.2, 0) is 16.9 Å². The Hall–Kier alpha value is -4.16. The molecule has 198 valence electrons. The molecule has 3 aromatic carbocycles. The van der Waals surface area contributed by atoms with Crippen molar-refractivity contribution in [3.63, 3.8) is 0 Å². The first-order valence-electron chi connectivity index (χ1n) is 13.4. The third kappa shape index (κ3) is 3.90. The summed E-state index contributed by atoms with van der Waals surface area (Å²) in [6, 6.07) is 27.0. The predicted molar refractivity (Wildman–Crippen MR) is 150 cm³/mol. The van der Waals surface area contributed by atoms with Gasteiger partial charge in [-0.3, -0.25) is 14.5 Å². The summed E-state index contributed by atoms with van der Waals surface area (Å²) in [5, 5.41) is 0. The molecule has 0 unspecified atom stereocenters. The lowest BCUT2D eigenvalue weighted by atomic mass is 9.71. The number of furan rings is 1. The maximum absolute atomic E-state index is 14.8. The Morgan fingerprint density at radius 2 is 1.74 bits per heavy atom. The Morgan fingerprint density at radius 3 is 2.46 bits per heavy atom. The first kappa shape index (κ1) is 25.1. The number of anilines is 1. The Morgan fingerprint density at radius 1 is 1.00 bits per heavy atom. The maximum atomic E-state index is 14.8. The van der Waals surface area contributed by atoms with Crippen molar-refractivity contribution in [1.82, 2.24) is 4.90 Å². The van der Waals surface area contributed by atoms with Crippen LogP contribution in [0.25, 0.3) is 0 Å². The lowest BCUT2D eigenvalue weighted by Crippen LogP contribution is -2.53. The van der Waals surface area contributed by atoms with Gasteiger partial charge in [0, 0.05) is 29.3 Å². The van der Waals surface area contributed by atoms with Crippen molar-refractivity contribution in [2.24, 2.45) is 5.92 Å². The topological polar surface area (TPSA) is 63.0 Å². The summed E-state index contributed by atoms with van der Waals surface area (Å²) in [7, 11) is 1.95. The van der Waals surface area contributed by atoms with Crippen molar-refractivity contribution in [2.75, 3.05) is 25.1 Å². The number of amides is 1. The number of Topliss-reactive ketones (excluding diaryl/α,β-unsaturated/α-hetero) is 1. The minimum Gasteiger partial charge on any atom is -0.494 e. The number of ether oxygens (including phenoxy) is 1. The SMILES string of the molecule is CCOc1ccc(C(=O)[C@@H]2[C@H](c3ccco3)CN(C)[C@@]23C(=O)N(Cc2ccccc2C)c2ccccc23)cc1. The first-order valence-corrected chi connectivity index (χ1v) is 13.4. The van der Waals surface area contributed by atoms with Gasteiger partial charge in [0.15, 0.2) is 5.78 Å². The molecule has 1 aromatic heterocycles. The molecule has 2 aliphatic heterocycles. The molecule has 6 heteroatoms. The van der Waals surface area contributed by atoms with Gasteiger partial charge in [0.1, 0.15) is 17.0 Å². The first-order chi connectivity index (χ1) is 19.0. The van der Waals surface area contributed by atoms with Crippen molar-refractivity contribution in [3.8, 4) is 5.75 Å². The van der Waals surface area contributed by atoms with Crippen LogP contribution >= 0.6 is 0 Å². The van der Waals surface area contributed by atoms with Gasteiger partial charge in [-0.05, 0) is 74.5 Å². The Balaban J connectivity index is 1.50. The number of para-hydroxylation sites is 1. The van der Waals surface area contributed by atoms with E-state index in [1.54, 1.807) is 18.4 Å². The van der Waals surface area contributed by atoms with Crippen molar-refractivity contribution in [2.45, 2.75) is 31.8 Å². The van der Waals surface area contributed by atoms with Gasteiger partial charge < -0.3 is 14.1 Å². The number of carbonyl (C=O) groups excluding carboxylic acids is 2. The van der Waals surface area contributed by atoms with E-state index in [0.29, 0.717) is 36.8 Å². The van der Waals surface area contributed by atoms with E-state index in [4.69, 9.17) is 9.15 Å². The Labute approximate surface area is 228 Å². The number of carbonyl (C=O) groups is 2. The highest BCUT2D eigenvalue weighted by atomic mass is 16.5. The van der Waals surface area contributed by atoms with Crippen LogP contribution in [0.2, 0.25) is 0 Å². The highest BCUT2D eigenvalue weighted by molar-refractivity contribution is 6.13. The average Bonchev–Trinajstić information content (AvgIpc) is 3.64. The number of rotatable bonds is 7. The molecule has 0 aliphatic carbocycles. The number of hydrogen-bond donors (Lipinski definition) is 0. The van der Waals surface area contributed by atoms with Crippen molar-refractivity contribution in [3.05, 3.63) is 119 Å². The lowest BCUT2D eigenvalue weighted by Gasteiger charge is -2.36. The fourth-order valence-corrected chi connectivity index (χ4v) is 6.51. The number of hydrogen-bond acceptors (Lipinski definition) is 5. The number of fused-ring (bicyclic) bond motifs is 2. The number of ketones is 1. The third-order valence-electron chi connectivity index (χ3n) is 8.33. The van der Waals surface area contributed by atoms with E-state index in [1.165, 1.54) is 0 Å². The highest BCUT2D eigenvalue weighted by Crippen LogP contribution is 2.57. The molecular formula is C33H32N2O4. The fourth-order valence-electron chi connectivity index (χ4n) is 6.51. The van der Waals surface area contributed by atoms with E-state index < -0.39 is 11.5 Å². The monoisotopic (exact) mass is 520 g/mol. The molecule has 3 atom stereocenters. The van der Waals surface area contributed by atoms with Crippen LogP contribution in [-0.4, -0.2) is 36.8 Å². The summed E-state index contributed by atoms with van der Waals surface area (Å²) in [5.41, 5.74) is 3.31. The van der Waals surface area contributed by atoms with Crippen molar-refractivity contribution < 1.29 is 18.7 Å². The highest BCUT2D eigenvalue weighted by Gasteiger charge is 2.66. The summed E-state index contributed by atoms with van der Waals surface area (Å²) in [6.45, 7) is 5.49. The number of nitrogens with zero attached hydrogens (tertiary/aromatic N) is 2.